The molecule has 4 heterocycles. The average molecular weight is 625 g/mol. The molecule has 3 aliphatic rings. The van der Waals surface area contributed by atoms with E-state index in [0.717, 1.165) is 71.8 Å². The van der Waals surface area contributed by atoms with Gasteiger partial charge in [-0.3, -0.25) is 0 Å². The minimum Gasteiger partial charge on any atom is -0.465 e. The van der Waals surface area contributed by atoms with Gasteiger partial charge in [0.05, 0.1) is 41.1 Å². The van der Waals surface area contributed by atoms with Gasteiger partial charge in [-0.2, -0.15) is 0 Å². The molecule has 0 radical (unpaired) electrons. The Hall–Kier alpha value is -2.91. The fraction of sp³-hybridized carbons (Fsp3) is 0.406. The molecule has 218 valence electrons. The van der Waals surface area contributed by atoms with E-state index in [1.165, 1.54) is 7.11 Å². The molecule has 3 fully saturated rings. The molecule has 1 aliphatic carbocycles. The third-order valence-electron chi connectivity index (χ3n) is 8.76. The summed E-state index contributed by atoms with van der Waals surface area (Å²) in [6.45, 7) is 2.43. The van der Waals surface area contributed by atoms with E-state index in [0.29, 0.717) is 51.5 Å². The number of carbonyl (C=O) groups excluding carboxylic acids is 1. The third kappa shape index (κ3) is 5.12. The largest absolute Gasteiger partial charge is 0.465 e. The summed E-state index contributed by atoms with van der Waals surface area (Å²) >= 11 is 14.8. The van der Waals surface area contributed by atoms with Gasteiger partial charge in [-0.15, -0.1) is 11.3 Å². The van der Waals surface area contributed by atoms with Gasteiger partial charge in [0.15, 0.2) is 5.13 Å². The van der Waals surface area contributed by atoms with Crippen molar-refractivity contribution in [2.45, 2.75) is 76.2 Å². The van der Waals surface area contributed by atoms with Crippen molar-refractivity contribution in [1.29, 1.82) is 0 Å². The average Bonchev–Trinajstić information content (AvgIpc) is 3.46. The number of thiazole rings is 1. The first-order chi connectivity index (χ1) is 20.4. The van der Waals surface area contributed by atoms with Crippen molar-refractivity contribution in [1.82, 2.24) is 10.1 Å². The maximum absolute atomic E-state index is 11.9. The number of hydrogen-bond acceptors (Lipinski definition) is 8. The SMILES string of the molecule is COC(=O)c1ccc(-c2csc(N3C4CCC3CC(OCc3c(-c5c(Cl)cccc5Cl)noc3C3CC3)C4)n2)c(C)c1. The second-order valence-electron chi connectivity index (χ2n) is 11.5. The van der Waals surface area contributed by atoms with Crippen molar-refractivity contribution in [3.63, 3.8) is 0 Å². The van der Waals surface area contributed by atoms with Crippen LogP contribution in [0.2, 0.25) is 10.0 Å². The molecule has 7 nitrogen and oxygen atoms in total. The van der Waals surface area contributed by atoms with Crippen molar-refractivity contribution in [3.05, 3.63) is 74.3 Å². The predicted octanol–water partition coefficient (Wildman–Crippen LogP) is 8.46. The quantitative estimate of drug-likeness (QED) is 0.182. The molecule has 0 spiro atoms. The summed E-state index contributed by atoms with van der Waals surface area (Å²) in [5.41, 5.74) is 5.89. The smallest absolute Gasteiger partial charge is 0.337 e. The molecule has 42 heavy (non-hydrogen) atoms. The van der Waals surface area contributed by atoms with Crippen LogP contribution < -0.4 is 4.90 Å². The van der Waals surface area contributed by atoms with Gasteiger partial charge < -0.3 is 18.9 Å². The van der Waals surface area contributed by atoms with E-state index in [1.807, 2.05) is 37.3 Å². The third-order valence-corrected chi connectivity index (χ3v) is 10.2. The highest BCUT2D eigenvalue weighted by Crippen LogP contribution is 2.47. The van der Waals surface area contributed by atoms with Crippen LogP contribution >= 0.6 is 34.5 Å². The van der Waals surface area contributed by atoms with Gasteiger partial charge in [0, 0.05) is 40.1 Å². The first-order valence-corrected chi connectivity index (χ1v) is 16.0. The number of benzene rings is 2. The minimum absolute atomic E-state index is 0.141. The molecule has 2 aromatic heterocycles. The summed E-state index contributed by atoms with van der Waals surface area (Å²) < 4.78 is 17.3. The number of hydrogen-bond donors (Lipinski definition) is 0. The van der Waals surface area contributed by atoms with Crippen LogP contribution in [0.3, 0.4) is 0 Å². The van der Waals surface area contributed by atoms with E-state index in [1.54, 1.807) is 17.4 Å². The Balaban J connectivity index is 1.06. The maximum Gasteiger partial charge on any atom is 0.337 e. The summed E-state index contributed by atoms with van der Waals surface area (Å²) in [5.74, 6) is 0.970. The summed E-state index contributed by atoms with van der Waals surface area (Å²) in [6, 6.07) is 11.9. The van der Waals surface area contributed by atoms with Crippen LogP contribution in [0.25, 0.3) is 22.5 Å². The number of esters is 1. The fourth-order valence-electron chi connectivity index (χ4n) is 6.53. The molecule has 10 heteroatoms. The van der Waals surface area contributed by atoms with Gasteiger partial charge in [0.25, 0.3) is 0 Å². The molecule has 2 atom stereocenters. The number of carbonyl (C=O) groups is 1. The zero-order valence-corrected chi connectivity index (χ0v) is 25.8. The zero-order chi connectivity index (χ0) is 29.0. The van der Waals surface area contributed by atoms with E-state index in [9.17, 15) is 4.79 Å². The Kier molecular flexibility index (Phi) is 7.51. The van der Waals surface area contributed by atoms with Gasteiger partial charge >= 0.3 is 5.97 Å². The number of aromatic nitrogens is 2. The van der Waals surface area contributed by atoms with Crippen LogP contribution in [0.15, 0.2) is 46.3 Å². The van der Waals surface area contributed by atoms with Gasteiger partial charge in [0.2, 0.25) is 0 Å². The highest BCUT2D eigenvalue weighted by molar-refractivity contribution is 7.14. The molecule has 2 aliphatic heterocycles. The van der Waals surface area contributed by atoms with Crippen LogP contribution in [0.1, 0.15) is 71.7 Å². The standard InChI is InChI=1S/C32H31Cl2N3O4S/c1-17-12-19(31(38)39-2)8-11-23(17)27-16-42-32(35-27)37-20-9-10-21(37)14-22(13-20)40-15-24-29(36-41-30(24)18-6-7-18)28-25(33)4-3-5-26(28)34/h3-5,8,11-12,16,18,20-22H,6-7,9-10,13-15H2,1-2H3. The topological polar surface area (TPSA) is 77.7 Å². The monoisotopic (exact) mass is 623 g/mol. The Morgan fingerprint density at radius 1 is 1.10 bits per heavy atom. The Morgan fingerprint density at radius 2 is 1.83 bits per heavy atom. The molecular weight excluding hydrogens is 593 g/mol. The van der Waals surface area contributed by atoms with E-state index in [2.05, 4.69) is 15.4 Å². The number of anilines is 1. The number of halogens is 2. The summed E-state index contributed by atoms with van der Waals surface area (Å²) in [7, 11) is 1.40. The van der Waals surface area contributed by atoms with Crippen molar-refractivity contribution >= 4 is 45.6 Å². The van der Waals surface area contributed by atoms with Gasteiger partial charge in [-0.25, -0.2) is 9.78 Å². The number of aryl methyl sites for hydroxylation is 1. The van der Waals surface area contributed by atoms with Crippen LogP contribution in [0, 0.1) is 6.92 Å². The maximum atomic E-state index is 11.9. The number of methoxy groups -OCH3 is 1. The first-order valence-electron chi connectivity index (χ1n) is 14.4. The molecule has 4 aromatic rings. The first kappa shape index (κ1) is 27.9. The van der Waals surface area contributed by atoms with E-state index >= 15 is 0 Å². The van der Waals surface area contributed by atoms with Crippen LogP contribution in [-0.2, 0) is 16.1 Å². The normalized spacial score (nSPS) is 21.6. The van der Waals surface area contributed by atoms with Crippen molar-refractivity contribution in [2.75, 3.05) is 12.0 Å². The lowest BCUT2D eigenvalue weighted by atomic mass is 10.00. The van der Waals surface area contributed by atoms with Crippen molar-refractivity contribution < 1.29 is 18.8 Å². The second-order valence-corrected chi connectivity index (χ2v) is 13.1. The second kappa shape index (κ2) is 11.3. The van der Waals surface area contributed by atoms with Gasteiger partial charge in [-0.05, 0) is 75.3 Å². The zero-order valence-electron chi connectivity index (χ0n) is 23.4. The molecule has 7 rings (SSSR count). The Labute approximate surface area is 258 Å². The predicted molar refractivity (Wildman–Crippen MR) is 165 cm³/mol. The van der Waals surface area contributed by atoms with Crippen LogP contribution in [0.4, 0.5) is 5.13 Å². The lowest BCUT2D eigenvalue weighted by Gasteiger charge is -2.38. The van der Waals surface area contributed by atoms with Crippen molar-refractivity contribution in [3.8, 4) is 22.5 Å². The van der Waals surface area contributed by atoms with Crippen LogP contribution in [-0.4, -0.2) is 41.4 Å². The lowest BCUT2D eigenvalue weighted by molar-refractivity contribution is 0.0147. The summed E-state index contributed by atoms with van der Waals surface area (Å²) in [4.78, 5) is 19.5. The number of fused-ring (bicyclic) bond motifs is 2. The number of ether oxygens (including phenoxy) is 2. The fourth-order valence-corrected chi connectivity index (χ4v) is 8.07. The van der Waals surface area contributed by atoms with E-state index in [4.69, 9.17) is 42.2 Å². The Morgan fingerprint density at radius 3 is 2.50 bits per heavy atom. The molecule has 2 saturated heterocycles. The van der Waals surface area contributed by atoms with E-state index in [-0.39, 0.29) is 12.1 Å². The summed E-state index contributed by atoms with van der Waals surface area (Å²) in [6.07, 6.45) is 6.51. The van der Waals surface area contributed by atoms with Gasteiger partial charge in [0.1, 0.15) is 11.5 Å². The number of piperidine rings is 1. The molecule has 2 aromatic carbocycles. The minimum atomic E-state index is -0.332. The number of nitrogens with zero attached hydrogens (tertiary/aromatic N) is 3. The molecule has 2 bridgehead atoms. The van der Waals surface area contributed by atoms with Crippen LogP contribution in [0.5, 0.6) is 0 Å². The summed E-state index contributed by atoms with van der Waals surface area (Å²) in [5, 5.41) is 8.70. The molecular formula is C32H31Cl2N3O4S. The molecule has 1 saturated carbocycles. The molecule has 0 N–H and O–H groups in total. The molecule has 0 amide bonds. The van der Waals surface area contributed by atoms with Gasteiger partial charge in [-0.1, -0.05) is 40.5 Å². The number of rotatable bonds is 8. The highest BCUT2D eigenvalue weighted by Gasteiger charge is 2.43. The highest BCUT2D eigenvalue weighted by atomic mass is 35.5. The van der Waals surface area contributed by atoms with Crippen molar-refractivity contribution in [2.24, 2.45) is 0 Å². The van der Waals surface area contributed by atoms with E-state index < -0.39 is 0 Å². The lowest BCUT2D eigenvalue weighted by Crippen LogP contribution is -2.45. The Bertz CT molecular complexity index is 1610. The molecule has 2 unspecified atom stereocenters.